The summed E-state index contributed by atoms with van der Waals surface area (Å²) < 4.78 is 0. The summed E-state index contributed by atoms with van der Waals surface area (Å²) in [6, 6.07) is 19.3. The van der Waals surface area contributed by atoms with Crippen LogP contribution in [0.25, 0.3) is 0 Å². The van der Waals surface area contributed by atoms with E-state index in [0.717, 1.165) is 12.2 Å². The van der Waals surface area contributed by atoms with Gasteiger partial charge in [-0.15, -0.1) is 11.8 Å². The zero-order chi connectivity index (χ0) is 11.2. The summed E-state index contributed by atoms with van der Waals surface area (Å²) in [4.78, 5) is 1.41. The monoisotopic (exact) mass is 228 g/mol. The van der Waals surface area contributed by atoms with Crippen molar-refractivity contribution in [2.24, 2.45) is 0 Å². The number of thioether (sulfide) groups is 1. The van der Waals surface area contributed by atoms with Crippen molar-refractivity contribution < 1.29 is 0 Å². The molecular formula is C15H16S. The quantitative estimate of drug-likeness (QED) is 0.699. The second-order valence-electron chi connectivity index (χ2n) is 3.70. The van der Waals surface area contributed by atoms with Gasteiger partial charge < -0.3 is 0 Å². The van der Waals surface area contributed by atoms with Crippen LogP contribution in [0.2, 0.25) is 0 Å². The van der Waals surface area contributed by atoms with Crippen LogP contribution in [0.1, 0.15) is 18.1 Å². The summed E-state index contributed by atoms with van der Waals surface area (Å²) >= 11 is 1.92. The number of rotatable bonds is 4. The van der Waals surface area contributed by atoms with Gasteiger partial charge in [0.25, 0.3) is 0 Å². The highest BCUT2D eigenvalue weighted by Gasteiger charge is 2.02. The highest BCUT2D eigenvalue weighted by molar-refractivity contribution is 7.99. The predicted octanol–water partition coefficient (Wildman–Crippen LogP) is 4.39. The molecule has 0 aromatic heterocycles. The number of hydrogen-bond donors (Lipinski definition) is 0. The van der Waals surface area contributed by atoms with Crippen LogP contribution in [0.4, 0.5) is 0 Å². The molecule has 1 heteroatoms. The van der Waals surface area contributed by atoms with E-state index < -0.39 is 0 Å². The second kappa shape index (κ2) is 5.76. The SMILES string of the molecule is CCSc1ccccc1Cc1ccccc1. The normalized spacial score (nSPS) is 10.3. The van der Waals surface area contributed by atoms with Gasteiger partial charge in [0, 0.05) is 4.90 Å². The molecule has 2 rings (SSSR count). The van der Waals surface area contributed by atoms with Gasteiger partial charge in [-0.3, -0.25) is 0 Å². The summed E-state index contributed by atoms with van der Waals surface area (Å²) in [5.74, 6) is 1.13. The number of benzene rings is 2. The van der Waals surface area contributed by atoms with Gasteiger partial charge in [0.15, 0.2) is 0 Å². The molecule has 0 bridgehead atoms. The van der Waals surface area contributed by atoms with Crippen molar-refractivity contribution in [3.63, 3.8) is 0 Å². The van der Waals surface area contributed by atoms with Crippen molar-refractivity contribution in [2.75, 3.05) is 5.75 Å². The molecule has 0 saturated carbocycles. The molecule has 0 amide bonds. The summed E-state index contributed by atoms with van der Waals surface area (Å²) in [5, 5.41) is 0. The number of hydrogen-bond acceptors (Lipinski definition) is 1. The lowest BCUT2D eigenvalue weighted by Crippen LogP contribution is -1.90. The standard InChI is InChI=1S/C15H16S/c1-2-16-15-11-7-6-10-14(15)12-13-8-4-3-5-9-13/h3-11H,2,12H2,1H3. The zero-order valence-corrected chi connectivity index (χ0v) is 10.3. The van der Waals surface area contributed by atoms with E-state index in [1.807, 2.05) is 11.8 Å². The van der Waals surface area contributed by atoms with E-state index in [9.17, 15) is 0 Å². The maximum Gasteiger partial charge on any atom is 0.0107 e. The molecule has 0 aliphatic rings. The maximum absolute atomic E-state index is 2.23. The van der Waals surface area contributed by atoms with E-state index in [1.54, 1.807) is 0 Å². The first-order valence-electron chi connectivity index (χ1n) is 5.65. The van der Waals surface area contributed by atoms with Crippen LogP contribution in [-0.2, 0) is 6.42 Å². The fraction of sp³-hybridized carbons (Fsp3) is 0.200. The molecule has 0 aliphatic carbocycles. The molecule has 0 nitrogen and oxygen atoms in total. The highest BCUT2D eigenvalue weighted by Crippen LogP contribution is 2.24. The van der Waals surface area contributed by atoms with Gasteiger partial charge >= 0.3 is 0 Å². The third kappa shape index (κ3) is 2.89. The average Bonchev–Trinajstić information content (AvgIpc) is 2.33. The Morgan fingerprint density at radius 2 is 1.56 bits per heavy atom. The van der Waals surface area contributed by atoms with Crippen LogP contribution >= 0.6 is 11.8 Å². The van der Waals surface area contributed by atoms with Crippen molar-refractivity contribution in [1.29, 1.82) is 0 Å². The average molecular weight is 228 g/mol. The molecule has 16 heavy (non-hydrogen) atoms. The molecule has 2 aromatic rings. The minimum Gasteiger partial charge on any atom is -0.126 e. The zero-order valence-electron chi connectivity index (χ0n) is 9.52. The Morgan fingerprint density at radius 1 is 0.875 bits per heavy atom. The van der Waals surface area contributed by atoms with E-state index in [2.05, 4.69) is 61.5 Å². The molecular weight excluding hydrogens is 212 g/mol. The molecule has 0 saturated heterocycles. The van der Waals surface area contributed by atoms with Gasteiger partial charge in [-0.25, -0.2) is 0 Å². The lowest BCUT2D eigenvalue weighted by Gasteiger charge is -2.07. The largest absolute Gasteiger partial charge is 0.126 e. The fourth-order valence-corrected chi connectivity index (χ4v) is 2.57. The molecule has 0 spiro atoms. The van der Waals surface area contributed by atoms with Gasteiger partial charge in [0.05, 0.1) is 0 Å². The third-order valence-corrected chi connectivity index (χ3v) is 3.51. The van der Waals surface area contributed by atoms with E-state index in [4.69, 9.17) is 0 Å². The molecule has 82 valence electrons. The summed E-state index contributed by atoms with van der Waals surface area (Å²) in [7, 11) is 0. The molecule has 0 atom stereocenters. The Hall–Kier alpha value is -1.21. The van der Waals surface area contributed by atoms with Crippen LogP contribution in [-0.4, -0.2) is 5.75 Å². The van der Waals surface area contributed by atoms with Crippen molar-refractivity contribution in [1.82, 2.24) is 0 Å². The molecule has 0 radical (unpaired) electrons. The van der Waals surface area contributed by atoms with E-state index >= 15 is 0 Å². The lowest BCUT2D eigenvalue weighted by atomic mass is 10.1. The van der Waals surface area contributed by atoms with Crippen LogP contribution in [0.3, 0.4) is 0 Å². The van der Waals surface area contributed by atoms with Gasteiger partial charge in [-0.2, -0.15) is 0 Å². The second-order valence-corrected chi connectivity index (χ2v) is 5.01. The minimum atomic E-state index is 1.03. The Labute approximate surface area is 102 Å². The molecule has 0 fully saturated rings. The van der Waals surface area contributed by atoms with Crippen LogP contribution in [0, 0.1) is 0 Å². The fourth-order valence-electron chi connectivity index (χ4n) is 1.76. The maximum atomic E-state index is 2.23. The Morgan fingerprint density at radius 3 is 2.31 bits per heavy atom. The van der Waals surface area contributed by atoms with Gasteiger partial charge in [0.1, 0.15) is 0 Å². The minimum absolute atomic E-state index is 1.03. The molecule has 0 N–H and O–H groups in total. The third-order valence-electron chi connectivity index (χ3n) is 2.51. The summed E-state index contributed by atoms with van der Waals surface area (Å²) in [5.41, 5.74) is 2.81. The summed E-state index contributed by atoms with van der Waals surface area (Å²) in [6.45, 7) is 2.20. The van der Waals surface area contributed by atoms with Crippen LogP contribution in [0.5, 0.6) is 0 Å². The van der Waals surface area contributed by atoms with Gasteiger partial charge in [-0.1, -0.05) is 55.5 Å². The molecule has 2 aromatic carbocycles. The molecule has 0 heterocycles. The van der Waals surface area contributed by atoms with Crippen molar-refractivity contribution in [3.8, 4) is 0 Å². The summed E-state index contributed by atoms with van der Waals surface area (Å²) in [6.07, 6.45) is 1.03. The smallest absolute Gasteiger partial charge is 0.0107 e. The molecule has 0 unspecified atom stereocenters. The van der Waals surface area contributed by atoms with Gasteiger partial charge in [-0.05, 0) is 29.4 Å². The molecule has 0 aliphatic heterocycles. The highest BCUT2D eigenvalue weighted by atomic mass is 32.2. The van der Waals surface area contributed by atoms with Crippen LogP contribution < -0.4 is 0 Å². The van der Waals surface area contributed by atoms with E-state index in [-0.39, 0.29) is 0 Å². The van der Waals surface area contributed by atoms with E-state index in [1.165, 1.54) is 16.0 Å². The van der Waals surface area contributed by atoms with E-state index in [0.29, 0.717) is 0 Å². The van der Waals surface area contributed by atoms with Crippen LogP contribution in [0.15, 0.2) is 59.5 Å². The topological polar surface area (TPSA) is 0 Å². The van der Waals surface area contributed by atoms with Crippen molar-refractivity contribution in [2.45, 2.75) is 18.2 Å². The lowest BCUT2D eigenvalue weighted by molar-refractivity contribution is 1.13. The predicted molar refractivity (Wildman–Crippen MR) is 72.1 cm³/mol. The van der Waals surface area contributed by atoms with Crippen molar-refractivity contribution in [3.05, 3.63) is 65.7 Å². The Balaban J connectivity index is 2.21. The Bertz CT molecular complexity index is 434. The first-order valence-corrected chi connectivity index (χ1v) is 6.63. The first kappa shape index (κ1) is 11.3. The van der Waals surface area contributed by atoms with Crippen molar-refractivity contribution >= 4 is 11.8 Å². The Kier molecular flexibility index (Phi) is 4.06. The van der Waals surface area contributed by atoms with Gasteiger partial charge in [0.2, 0.25) is 0 Å². The first-order chi connectivity index (χ1) is 7.90.